The van der Waals surface area contributed by atoms with Crippen LogP contribution >= 0.6 is 0 Å². The molecule has 0 aliphatic carbocycles. The van der Waals surface area contributed by atoms with Gasteiger partial charge in [0, 0.05) is 11.8 Å². The zero-order valence-corrected chi connectivity index (χ0v) is 14.1. The zero-order valence-electron chi connectivity index (χ0n) is 13.2. The minimum absolute atomic E-state index is 0.133. The summed E-state index contributed by atoms with van der Waals surface area (Å²) < 4.78 is 33.0. The van der Waals surface area contributed by atoms with Crippen LogP contribution in [0.1, 0.15) is 16.2 Å². The van der Waals surface area contributed by atoms with E-state index in [1.54, 1.807) is 0 Å². The molecule has 1 heterocycles. The zero-order chi connectivity index (χ0) is 17.9. The quantitative estimate of drug-likeness (QED) is 0.646. The molecule has 128 valence electrons. The van der Waals surface area contributed by atoms with Gasteiger partial charge in [-0.15, -0.1) is 0 Å². The number of ether oxygens (including phenoxy) is 1. The Morgan fingerprint density at radius 2 is 1.76 bits per heavy atom. The number of carbonyl (C=O) groups is 1. The average molecular weight is 358 g/mol. The van der Waals surface area contributed by atoms with E-state index in [9.17, 15) is 13.2 Å². The normalized spacial score (nSPS) is 11.2. The fourth-order valence-corrected chi connectivity index (χ4v) is 2.70. The Balaban J connectivity index is 1.64. The van der Waals surface area contributed by atoms with Crippen LogP contribution in [0.3, 0.4) is 0 Å². The summed E-state index contributed by atoms with van der Waals surface area (Å²) in [4.78, 5) is 16.3. The third-order valence-electron chi connectivity index (χ3n) is 3.34. The van der Waals surface area contributed by atoms with E-state index in [1.807, 2.05) is 30.3 Å². The van der Waals surface area contributed by atoms with Crippen molar-refractivity contribution in [1.82, 2.24) is 10.1 Å². The van der Waals surface area contributed by atoms with Gasteiger partial charge in [-0.2, -0.15) is 4.98 Å². The highest BCUT2D eigenvalue weighted by Gasteiger charge is 2.14. The molecule has 0 aliphatic heterocycles. The summed E-state index contributed by atoms with van der Waals surface area (Å²) in [6.45, 7) is -0.174. The van der Waals surface area contributed by atoms with Gasteiger partial charge < -0.3 is 9.26 Å². The highest BCUT2D eigenvalue weighted by molar-refractivity contribution is 7.90. The molecule has 0 radical (unpaired) electrons. The minimum Gasteiger partial charge on any atom is -0.452 e. The van der Waals surface area contributed by atoms with Gasteiger partial charge in [0.2, 0.25) is 5.82 Å². The summed E-state index contributed by atoms with van der Waals surface area (Å²) in [6, 6.07) is 14.7. The largest absolute Gasteiger partial charge is 0.452 e. The number of hydrogen-bond donors (Lipinski definition) is 0. The van der Waals surface area contributed by atoms with E-state index < -0.39 is 15.8 Å². The van der Waals surface area contributed by atoms with Gasteiger partial charge in [-0.05, 0) is 24.3 Å². The van der Waals surface area contributed by atoms with Gasteiger partial charge in [0.05, 0.1) is 10.5 Å². The standard InChI is InChI=1S/C17H14N2O5S/c1-25(21,22)14-9-7-13(8-10-14)17(20)23-11-15-18-16(19-24-15)12-5-3-2-4-6-12/h2-10H,11H2,1H3. The monoisotopic (exact) mass is 358 g/mol. The predicted molar refractivity (Wildman–Crippen MR) is 88.4 cm³/mol. The van der Waals surface area contributed by atoms with Gasteiger partial charge in [-0.3, -0.25) is 0 Å². The molecule has 0 spiro atoms. The van der Waals surface area contributed by atoms with Gasteiger partial charge in [0.1, 0.15) is 0 Å². The van der Waals surface area contributed by atoms with Gasteiger partial charge in [0.25, 0.3) is 5.89 Å². The summed E-state index contributed by atoms with van der Waals surface area (Å²) in [6.07, 6.45) is 1.10. The molecule has 0 N–H and O–H groups in total. The third-order valence-corrected chi connectivity index (χ3v) is 4.47. The Bertz CT molecular complexity index is 979. The van der Waals surface area contributed by atoms with Gasteiger partial charge in [0.15, 0.2) is 16.4 Å². The number of aromatic nitrogens is 2. The fourth-order valence-electron chi connectivity index (χ4n) is 2.07. The number of benzene rings is 2. The highest BCUT2D eigenvalue weighted by atomic mass is 32.2. The van der Waals surface area contributed by atoms with E-state index in [-0.39, 0.29) is 23.0 Å². The van der Waals surface area contributed by atoms with Crippen molar-refractivity contribution in [2.24, 2.45) is 0 Å². The summed E-state index contributed by atoms with van der Waals surface area (Å²) in [5.74, 6) is -0.0383. The third kappa shape index (κ3) is 4.10. The van der Waals surface area contributed by atoms with Crippen molar-refractivity contribution in [1.29, 1.82) is 0 Å². The Morgan fingerprint density at radius 1 is 1.08 bits per heavy atom. The first-order valence-electron chi connectivity index (χ1n) is 7.29. The molecule has 0 fully saturated rings. The lowest BCUT2D eigenvalue weighted by Crippen LogP contribution is -2.06. The Kier molecular flexibility index (Phi) is 4.62. The molecule has 0 saturated heterocycles. The lowest BCUT2D eigenvalue weighted by molar-refractivity contribution is 0.0429. The maximum Gasteiger partial charge on any atom is 0.338 e. The Hall–Kier alpha value is -3.00. The molecule has 0 bridgehead atoms. The summed E-state index contributed by atoms with van der Waals surface area (Å²) in [7, 11) is -3.31. The summed E-state index contributed by atoms with van der Waals surface area (Å²) >= 11 is 0. The van der Waals surface area contributed by atoms with E-state index in [2.05, 4.69) is 10.1 Å². The topological polar surface area (TPSA) is 99.4 Å². The SMILES string of the molecule is CS(=O)(=O)c1ccc(C(=O)OCc2nc(-c3ccccc3)no2)cc1. The van der Waals surface area contributed by atoms with Gasteiger partial charge >= 0.3 is 5.97 Å². The molecular weight excluding hydrogens is 344 g/mol. The van der Waals surface area contributed by atoms with Gasteiger partial charge in [-0.1, -0.05) is 35.5 Å². The van der Waals surface area contributed by atoms with Crippen molar-refractivity contribution in [3.05, 3.63) is 66.1 Å². The highest BCUT2D eigenvalue weighted by Crippen LogP contribution is 2.16. The average Bonchev–Trinajstić information content (AvgIpc) is 3.09. The fraction of sp³-hybridized carbons (Fsp3) is 0.118. The molecule has 8 heteroatoms. The molecule has 25 heavy (non-hydrogen) atoms. The van der Waals surface area contributed by atoms with Crippen molar-refractivity contribution in [3.63, 3.8) is 0 Å². The molecule has 0 amide bonds. The number of sulfone groups is 1. The van der Waals surface area contributed by atoms with Crippen LogP contribution in [0.15, 0.2) is 64.0 Å². The van der Waals surface area contributed by atoms with E-state index in [4.69, 9.17) is 9.26 Å². The molecule has 3 rings (SSSR count). The number of hydrogen-bond acceptors (Lipinski definition) is 7. The van der Waals surface area contributed by atoms with E-state index in [0.29, 0.717) is 5.82 Å². The van der Waals surface area contributed by atoms with E-state index >= 15 is 0 Å². The van der Waals surface area contributed by atoms with Crippen LogP contribution in [0.25, 0.3) is 11.4 Å². The molecule has 0 aliphatic rings. The smallest absolute Gasteiger partial charge is 0.338 e. The number of esters is 1. The Morgan fingerprint density at radius 3 is 2.40 bits per heavy atom. The molecule has 7 nitrogen and oxygen atoms in total. The summed E-state index contributed by atoms with van der Waals surface area (Å²) in [5.41, 5.74) is 1.02. The molecule has 1 aromatic heterocycles. The van der Waals surface area contributed by atoms with E-state index in [1.165, 1.54) is 24.3 Å². The number of rotatable bonds is 5. The van der Waals surface area contributed by atoms with Crippen molar-refractivity contribution in [3.8, 4) is 11.4 Å². The predicted octanol–water partition coefficient (Wildman–Crippen LogP) is 2.50. The first kappa shape index (κ1) is 16.8. The second kappa shape index (κ2) is 6.86. The van der Waals surface area contributed by atoms with Crippen LogP contribution in [0, 0.1) is 0 Å². The molecule has 3 aromatic rings. The van der Waals surface area contributed by atoms with Crippen LogP contribution in [0.4, 0.5) is 0 Å². The second-order valence-electron chi connectivity index (χ2n) is 5.25. The Labute approximate surface area is 144 Å². The maximum absolute atomic E-state index is 12.0. The van der Waals surface area contributed by atoms with Crippen molar-refractivity contribution >= 4 is 15.8 Å². The first-order chi connectivity index (χ1) is 11.9. The summed E-state index contributed by atoms with van der Waals surface area (Å²) in [5, 5.41) is 3.83. The second-order valence-corrected chi connectivity index (χ2v) is 7.27. The van der Waals surface area contributed by atoms with E-state index in [0.717, 1.165) is 11.8 Å². The lowest BCUT2D eigenvalue weighted by atomic mass is 10.2. The first-order valence-corrected chi connectivity index (χ1v) is 9.18. The molecular formula is C17H14N2O5S. The van der Waals surface area contributed by atoms with Crippen molar-refractivity contribution < 1.29 is 22.5 Å². The van der Waals surface area contributed by atoms with Crippen molar-refractivity contribution in [2.45, 2.75) is 11.5 Å². The minimum atomic E-state index is -3.31. The van der Waals surface area contributed by atoms with Crippen LogP contribution in [-0.4, -0.2) is 30.8 Å². The maximum atomic E-state index is 12.0. The molecule has 0 unspecified atom stereocenters. The van der Waals surface area contributed by atoms with Crippen LogP contribution in [0.5, 0.6) is 0 Å². The molecule has 2 aromatic carbocycles. The number of nitrogens with zero attached hydrogens (tertiary/aromatic N) is 2. The van der Waals surface area contributed by atoms with Crippen LogP contribution < -0.4 is 0 Å². The molecule has 0 saturated carbocycles. The number of carbonyl (C=O) groups excluding carboxylic acids is 1. The van der Waals surface area contributed by atoms with Crippen LogP contribution in [0.2, 0.25) is 0 Å². The lowest BCUT2D eigenvalue weighted by Gasteiger charge is -2.03. The molecule has 0 atom stereocenters. The van der Waals surface area contributed by atoms with Crippen LogP contribution in [-0.2, 0) is 21.2 Å². The van der Waals surface area contributed by atoms with Gasteiger partial charge in [-0.25, -0.2) is 13.2 Å². The van der Waals surface area contributed by atoms with Crippen molar-refractivity contribution in [2.75, 3.05) is 6.26 Å².